The zero-order chi connectivity index (χ0) is 15.5. The van der Waals surface area contributed by atoms with Gasteiger partial charge < -0.3 is 20.5 Å². The highest BCUT2D eigenvalue weighted by atomic mass is 16.5. The third kappa shape index (κ3) is 10.6. The van der Waals surface area contributed by atoms with Gasteiger partial charge in [0.1, 0.15) is 6.04 Å². The predicted molar refractivity (Wildman–Crippen MR) is 77.7 cm³/mol. The third-order valence-electron chi connectivity index (χ3n) is 2.51. The van der Waals surface area contributed by atoms with Crippen molar-refractivity contribution in [2.24, 2.45) is 11.8 Å². The largest absolute Gasteiger partial charge is 0.480 e. The summed E-state index contributed by atoms with van der Waals surface area (Å²) in [6.07, 6.45) is 1.13. The van der Waals surface area contributed by atoms with Crippen LogP contribution in [0.4, 0.5) is 4.79 Å². The minimum Gasteiger partial charge on any atom is -0.480 e. The van der Waals surface area contributed by atoms with Crippen LogP contribution in [0.15, 0.2) is 0 Å². The number of amides is 2. The number of hydrogen-bond acceptors (Lipinski definition) is 3. The first-order chi connectivity index (χ1) is 9.32. The van der Waals surface area contributed by atoms with E-state index < -0.39 is 18.0 Å². The Labute approximate surface area is 121 Å². The number of aliphatic carboxylic acids is 1. The van der Waals surface area contributed by atoms with Crippen LogP contribution in [0.2, 0.25) is 0 Å². The molecule has 0 saturated carbocycles. The van der Waals surface area contributed by atoms with Gasteiger partial charge in [0.05, 0.1) is 0 Å². The Morgan fingerprint density at radius 2 is 1.80 bits per heavy atom. The van der Waals surface area contributed by atoms with Crippen LogP contribution in [-0.4, -0.2) is 42.9 Å². The number of ether oxygens (including phenoxy) is 1. The van der Waals surface area contributed by atoms with Crippen LogP contribution in [0.5, 0.6) is 0 Å². The molecule has 1 atom stereocenters. The van der Waals surface area contributed by atoms with Crippen LogP contribution in [0, 0.1) is 11.8 Å². The molecule has 0 radical (unpaired) electrons. The minimum absolute atomic E-state index is 0.209. The number of hydrogen-bond donors (Lipinski definition) is 3. The van der Waals surface area contributed by atoms with Gasteiger partial charge >= 0.3 is 12.0 Å². The molecule has 0 aliphatic heterocycles. The molecule has 0 bridgehead atoms. The molecule has 6 heteroatoms. The molecule has 20 heavy (non-hydrogen) atoms. The Bertz CT molecular complexity index is 293. The molecule has 0 spiro atoms. The van der Waals surface area contributed by atoms with E-state index in [4.69, 9.17) is 9.84 Å². The van der Waals surface area contributed by atoms with Gasteiger partial charge in [-0.2, -0.15) is 0 Å². The van der Waals surface area contributed by atoms with Gasteiger partial charge in [-0.25, -0.2) is 9.59 Å². The molecule has 0 aliphatic rings. The highest BCUT2D eigenvalue weighted by Gasteiger charge is 2.20. The molecule has 118 valence electrons. The van der Waals surface area contributed by atoms with Gasteiger partial charge in [-0.15, -0.1) is 0 Å². The van der Waals surface area contributed by atoms with Crippen molar-refractivity contribution in [2.45, 2.75) is 46.6 Å². The molecule has 1 unspecified atom stereocenters. The summed E-state index contributed by atoms with van der Waals surface area (Å²) >= 11 is 0. The number of rotatable bonds is 10. The van der Waals surface area contributed by atoms with Gasteiger partial charge in [-0.3, -0.25) is 0 Å². The summed E-state index contributed by atoms with van der Waals surface area (Å²) in [5.74, 6) is -0.298. The lowest BCUT2D eigenvalue weighted by molar-refractivity contribution is -0.139. The first kappa shape index (κ1) is 18.7. The van der Waals surface area contributed by atoms with Gasteiger partial charge in [0.25, 0.3) is 0 Å². The number of carboxylic acids is 1. The Morgan fingerprint density at radius 1 is 1.15 bits per heavy atom. The van der Waals surface area contributed by atoms with E-state index in [2.05, 4.69) is 24.5 Å². The SMILES string of the molecule is CC(C)COCCCNC(=O)NC(CC(C)C)C(=O)O. The van der Waals surface area contributed by atoms with Crippen molar-refractivity contribution in [2.75, 3.05) is 19.8 Å². The van der Waals surface area contributed by atoms with E-state index in [1.807, 2.05) is 13.8 Å². The van der Waals surface area contributed by atoms with Crippen LogP contribution in [0.25, 0.3) is 0 Å². The van der Waals surface area contributed by atoms with Crippen molar-refractivity contribution in [1.29, 1.82) is 0 Å². The zero-order valence-electron chi connectivity index (χ0n) is 12.9. The maximum absolute atomic E-state index is 11.6. The predicted octanol–water partition coefficient (Wildman–Crippen LogP) is 1.85. The Balaban J connectivity index is 3.77. The molecule has 0 aromatic heterocycles. The van der Waals surface area contributed by atoms with Crippen LogP contribution < -0.4 is 10.6 Å². The number of carboxylic acid groups (broad SMARTS) is 1. The Kier molecular flexibility index (Phi) is 9.80. The van der Waals surface area contributed by atoms with E-state index in [-0.39, 0.29) is 5.92 Å². The Hall–Kier alpha value is -1.30. The second-order valence-corrected chi connectivity index (χ2v) is 5.74. The molecule has 6 nitrogen and oxygen atoms in total. The lowest BCUT2D eigenvalue weighted by atomic mass is 10.0. The molecule has 0 aromatic rings. The Morgan fingerprint density at radius 3 is 2.30 bits per heavy atom. The molecule has 3 N–H and O–H groups in total. The number of urea groups is 1. The normalized spacial score (nSPS) is 12.5. The summed E-state index contributed by atoms with van der Waals surface area (Å²) in [6.45, 7) is 9.76. The van der Waals surface area contributed by atoms with Gasteiger partial charge in [0, 0.05) is 19.8 Å². The van der Waals surface area contributed by atoms with Crippen molar-refractivity contribution >= 4 is 12.0 Å². The standard InChI is InChI=1S/C14H28N2O4/c1-10(2)8-12(13(17)18)16-14(19)15-6-5-7-20-9-11(3)4/h10-12H,5-9H2,1-4H3,(H,17,18)(H2,15,16,19). The van der Waals surface area contributed by atoms with Crippen molar-refractivity contribution in [1.82, 2.24) is 10.6 Å². The molecule has 0 fully saturated rings. The fourth-order valence-corrected chi connectivity index (χ4v) is 1.60. The minimum atomic E-state index is -1.01. The number of carbonyl (C=O) groups excluding carboxylic acids is 1. The van der Waals surface area contributed by atoms with Crippen LogP contribution in [-0.2, 0) is 9.53 Å². The van der Waals surface area contributed by atoms with Crippen molar-refractivity contribution in [3.05, 3.63) is 0 Å². The van der Waals surface area contributed by atoms with Crippen molar-refractivity contribution < 1.29 is 19.4 Å². The average molecular weight is 288 g/mol. The molecule has 0 saturated heterocycles. The summed E-state index contributed by atoms with van der Waals surface area (Å²) in [5.41, 5.74) is 0. The van der Waals surface area contributed by atoms with E-state index in [1.54, 1.807) is 0 Å². The summed E-state index contributed by atoms with van der Waals surface area (Å²) in [6, 6.07) is -1.28. The van der Waals surface area contributed by atoms with Crippen LogP contribution in [0.1, 0.15) is 40.5 Å². The summed E-state index contributed by atoms with van der Waals surface area (Å²) in [4.78, 5) is 22.5. The highest BCUT2D eigenvalue weighted by Crippen LogP contribution is 2.04. The quantitative estimate of drug-likeness (QED) is 0.535. The topological polar surface area (TPSA) is 87.7 Å². The molecule has 0 rings (SSSR count). The van der Waals surface area contributed by atoms with Crippen molar-refractivity contribution in [3.8, 4) is 0 Å². The number of nitrogens with one attached hydrogen (secondary N) is 2. The fourth-order valence-electron chi connectivity index (χ4n) is 1.60. The fraction of sp³-hybridized carbons (Fsp3) is 0.857. The third-order valence-corrected chi connectivity index (χ3v) is 2.51. The second kappa shape index (κ2) is 10.5. The highest BCUT2D eigenvalue weighted by molar-refractivity contribution is 5.82. The number of carbonyl (C=O) groups is 2. The smallest absolute Gasteiger partial charge is 0.326 e. The summed E-state index contributed by atoms with van der Waals surface area (Å²) in [7, 11) is 0. The first-order valence-corrected chi connectivity index (χ1v) is 7.17. The second-order valence-electron chi connectivity index (χ2n) is 5.74. The average Bonchev–Trinajstić information content (AvgIpc) is 2.31. The maximum Gasteiger partial charge on any atom is 0.326 e. The lowest BCUT2D eigenvalue weighted by Crippen LogP contribution is -2.46. The molecule has 2 amide bonds. The van der Waals surface area contributed by atoms with Crippen molar-refractivity contribution in [3.63, 3.8) is 0 Å². The van der Waals surface area contributed by atoms with Gasteiger partial charge in [-0.05, 0) is 24.7 Å². The van der Waals surface area contributed by atoms with E-state index in [1.165, 1.54) is 0 Å². The molecule has 0 aliphatic carbocycles. The van der Waals surface area contributed by atoms with E-state index in [0.717, 1.165) is 0 Å². The van der Waals surface area contributed by atoms with E-state index in [0.29, 0.717) is 38.5 Å². The lowest BCUT2D eigenvalue weighted by Gasteiger charge is -2.17. The monoisotopic (exact) mass is 288 g/mol. The molecular weight excluding hydrogens is 260 g/mol. The van der Waals surface area contributed by atoms with Crippen LogP contribution >= 0.6 is 0 Å². The molecule has 0 heterocycles. The van der Waals surface area contributed by atoms with Crippen LogP contribution in [0.3, 0.4) is 0 Å². The van der Waals surface area contributed by atoms with Gasteiger partial charge in [0.15, 0.2) is 0 Å². The summed E-state index contributed by atoms with van der Waals surface area (Å²) < 4.78 is 5.38. The first-order valence-electron chi connectivity index (χ1n) is 7.17. The van der Waals surface area contributed by atoms with Gasteiger partial charge in [0.2, 0.25) is 0 Å². The maximum atomic E-state index is 11.6. The molecule has 0 aromatic carbocycles. The van der Waals surface area contributed by atoms with E-state index in [9.17, 15) is 9.59 Å². The van der Waals surface area contributed by atoms with E-state index >= 15 is 0 Å². The summed E-state index contributed by atoms with van der Waals surface area (Å²) in [5, 5.41) is 14.1. The molecular formula is C14H28N2O4. The van der Waals surface area contributed by atoms with Gasteiger partial charge in [-0.1, -0.05) is 27.7 Å². The zero-order valence-corrected chi connectivity index (χ0v) is 12.9.